The Morgan fingerprint density at radius 2 is 1.73 bits per heavy atom. The Balaban J connectivity index is 1.43. The highest BCUT2D eigenvalue weighted by Crippen LogP contribution is 2.80. The van der Waals surface area contributed by atoms with E-state index in [-0.39, 0.29) is 70.7 Å². The number of hydrogen-bond acceptors (Lipinski definition) is 10. The molecule has 1 saturated heterocycles. The van der Waals surface area contributed by atoms with E-state index < -0.39 is 17.7 Å². The van der Waals surface area contributed by atoms with Crippen molar-refractivity contribution in [1.29, 1.82) is 0 Å². The van der Waals surface area contributed by atoms with Gasteiger partial charge in [-0.3, -0.25) is 9.69 Å². The van der Waals surface area contributed by atoms with Crippen LogP contribution in [0, 0.1) is 40.4 Å². The highest BCUT2D eigenvalue weighted by Gasteiger charge is 2.88. The lowest BCUT2D eigenvalue weighted by Gasteiger charge is -2.69. The largest absolute Gasteiger partial charge is 0.497 e. The van der Waals surface area contributed by atoms with Crippen LogP contribution in [0.5, 0.6) is 5.75 Å². The van der Waals surface area contributed by atoms with E-state index in [9.17, 15) is 9.59 Å². The highest BCUT2D eigenvalue weighted by molar-refractivity contribution is 5.89. The van der Waals surface area contributed by atoms with Gasteiger partial charge in [0.25, 0.3) is 0 Å². The molecule has 0 amide bonds. The topological polar surface area (TPSA) is 102 Å². The number of carbonyl (C=O) groups excluding carboxylic acids is 2. The minimum absolute atomic E-state index is 0.0203. The summed E-state index contributed by atoms with van der Waals surface area (Å²) < 4.78 is 44.1. The fourth-order valence-electron chi connectivity index (χ4n) is 12.4. The zero-order valence-corrected chi connectivity index (χ0v) is 27.7. The van der Waals surface area contributed by atoms with E-state index in [1.165, 1.54) is 6.92 Å². The van der Waals surface area contributed by atoms with Crippen LogP contribution in [0.4, 0.5) is 0 Å². The fraction of sp³-hybridized carbons (Fsp3) is 0.771. The van der Waals surface area contributed by atoms with Crippen molar-refractivity contribution in [2.24, 2.45) is 40.4 Å². The van der Waals surface area contributed by atoms with Crippen molar-refractivity contribution in [3.8, 4) is 5.75 Å². The first-order chi connectivity index (χ1) is 21.7. The molecule has 10 heteroatoms. The molecule has 0 aromatic heterocycles. The minimum Gasteiger partial charge on any atom is -0.497 e. The van der Waals surface area contributed by atoms with Crippen molar-refractivity contribution in [1.82, 2.24) is 4.90 Å². The van der Waals surface area contributed by atoms with Crippen LogP contribution in [0.25, 0.3) is 0 Å². The van der Waals surface area contributed by atoms with E-state index in [0.717, 1.165) is 32.4 Å². The number of methoxy groups -OCH3 is 5. The van der Waals surface area contributed by atoms with Crippen molar-refractivity contribution in [2.45, 2.75) is 75.6 Å². The van der Waals surface area contributed by atoms with E-state index in [4.69, 9.17) is 33.2 Å². The zero-order valence-electron chi connectivity index (χ0n) is 27.7. The number of piperidine rings is 1. The molecule has 5 saturated carbocycles. The Kier molecular flexibility index (Phi) is 7.80. The lowest BCUT2D eigenvalue weighted by molar-refractivity contribution is -0.280. The maximum absolute atomic E-state index is 13.8. The number of fused-ring (bicyclic) bond motifs is 2. The molecule has 6 aliphatic rings. The summed E-state index contributed by atoms with van der Waals surface area (Å²) in [4.78, 5) is 29.7. The van der Waals surface area contributed by atoms with E-state index >= 15 is 0 Å². The lowest BCUT2D eigenvalue weighted by atomic mass is 9.43. The van der Waals surface area contributed by atoms with Gasteiger partial charge in [-0.15, -0.1) is 0 Å². The number of ether oxygens (including phenoxy) is 7. The molecule has 7 bridgehead atoms. The Morgan fingerprint density at radius 1 is 0.978 bits per heavy atom. The molecule has 1 spiro atoms. The molecule has 248 valence electrons. The Morgan fingerprint density at radius 3 is 2.33 bits per heavy atom. The first-order valence-corrected chi connectivity index (χ1v) is 16.6. The predicted octanol–water partition coefficient (Wildman–Crippen LogP) is 3.60. The third-order valence-corrected chi connectivity index (χ3v) is 13.2. The predicted molar refractivity (Wildman–Crippen MR) is 163 cm³/mol. The number of carbonyl (C=O) groups is 2. The SMILES string of the molecule is CCN1CC2(COC)CCC(OC)C34C5CC6C(OC)CC(OC(C)=O)(C5C6OC(=O)c5ccc(OC)cc5)C(C(OC)C23)C14. The first kappa shape index (κ1) is 31.4. The molecule has 6 fully saturated rings. The molecule has 1 heterocycles. The molecule has 0 N–H and O–H groups in total. The lowest BCUT2D eigenvalue weighted by Crippen LogP contribution is -2.77. The molecule has 1 aromatic carbocycles. The summed E-state index contributed by atoms with van der Waals surface area (Å²) in [6, 6.07) is 7.07. The van der Waals surface area contributed by atoms with Gasteiger partial charge in [-0.1, -0.05) is 6.92 Å². The van der Waals surface area contributed by atoms with Crippen LogP contribution in [-0.2, 0) is 33.2 Å². The van der Waals surface area contributed by atoms with E-state index in [1.807, 2.05) is 14.2 Å². The van der Waals surface area contributed by atoms with E-state index in [0.29, 0.717) is 24.3 Å². The average molecular weight is 628 g/mol. The number of benzene rings is 1. The monoisotopic (exact) mass is 627 g/mol. The van der Waals surface area contributed by atoms with Crippen LogP contribution in [0.1, 0.15) is 49.9 Å². The molecule has 7 rings (SSSR count). The summed E-state index contributed by atoms with van der Waals surface area (Å²) in [5.41, 5.74) is -0.937. The maximum Gasteiger partial charge on any atom is 0.338 e. The van der Waals surface area contributed by atoms with Gasteiger partial charge in [0.2, 0.25) is 0 Å². The summed E-state index contributed by atoms with van der Waals surface area (Å²) in [5.74, 6) is -0.299. The van der Waals surface area contributed by atoms with Crippen molar-refractivity contribution >= 4 is 11.9 Å². The normalized spacial score (nSPS) is 45.7. The number of nitrogens with zero attached hydrogens (tertiary/aromatic N) is 1. The van der Waals surface area contributed by atoms with Crippen LogP contribution < -0.4 is 4.74 Å². The Hall–Kier alpha value is -2.24. The zero-order chi connectivity index (χ0) is 31.9. The second-order valence-electron chi connectivity index (χ2n) is 14.4. The second-order valence-corrected chi connectivity index (χ2v) is 14.4. The number of rotatable bonds is 10. The van der Waals surface area contributed by atoms with Gasteiger partial charge in [0, 0.05) is 88.9 Å². The van der Waals surface area contributed by atoms with Gasteiger partial charge in [0.05, 0.1) is 37.6 Å². The summed E-state index contributed by atoms with van der Waals surface area (Å²) in [7, 11) is 8.77. The molecule has 13 atom stereocenters. The van der Waals surface area contributed by atoms with Gasteiger partial charge < -0.3 is 33.2 Å². The molecule has 10 nitrogen and oxygen atoms in total. The fourth-order valence-corrected chi connectivity index (χ4v) is 12.4. The molecular weight excluding hydrogens is 578 g/mol. The molecule has 45 heavy (non-hydrogen) atoms. The number of hydrogen-bond donors (Lipinski definition) is 0. The highest BCUT2D eigenvalue weighted by atomic mass is 16.6. The Bertz CT molecular complexity index is 1310. The van der Waals surface area contributed by atoms with Gasteiger partial charge in [-0.2, -0.15) is 0 Å². The average Bonchev–Trinajstić information content (AvgIpc) is 3.46. The molecule has 1 aliphatic heterocycles. The number of esters is 2. The Labute approximate surface area is 266 Å². The van der Waals surface area contributed by atoms with Gasteiger partial charge in [-0.05, 0) is 56.0 Å². The third kappa shape index (κ3) is 3.98. The standard InChI is InChI=1S/C35H49NO9/c1-8-36-17-33(18-39-3)14-13-25(42-6)35-23-15-22-24(41-5)16-34(45-19(2)37,27(31(35)36)29(43-7)30(33)35)26(23)28(22)44-32(38)20-9-11-21(40-4)12-10-20/h9-12,22-31H,8,13-18H2,1-7H3. The second kappa shape index (κ2) is 11.2. The molecule has 1 aromatic rings. The van der Waals surface area contributed by atoms with Crippen molar-refractivity contribution < 1.29 is 42.7 Å². The smallest absolute Gasteiger partial charge is 0.338 e. The van der Waals surface area contributed by atoms with Crippen LogP contribution in [0.15, 0.2) is 24.3 Å². The van der Waals surface area contributed by atoms with Gasteiger partial charge >= 0.3 is 11.9 Å². The third-order valence-electron chi connectivity index (χ3n) is 13.2. The maximum atomic E-state index is 13.8. The summed E-state index contributed by atoms with van der Waals surface area (Å²) in [6.45, 7) is 6.11. The van der Waals surface area contributed by atoms with Crippen LogP contribution in [-0.4, -0.2) is 108 Å². The molecule has 5 aliphatic carbocycles. The van der Waals surface area contributed by atoms with Gasteiger partial charge in [0.1, 0.15) is 17.5 Å². The van der Waals surface area contributed by atoms with Gasteiger partial charge in [-0.25, -0.2) is 4.79 Å². The van der Waals surface area contributed by atoms with Crippen LogP contribution in [0.2, 0.25) is 0 Å². The van der Waals surface area contributed by atoms with Crippen LogP contribution in [0.3, 0.4) is 0 Å². The van der Waals surface area contributed by atoms with E-state index in [1.54, 1.807) is 45.6 Å². The van der Waals surface area contributed by atoms with Crippen molar-refractivity contribution in [3.63, 3.8) is 0 Å². The molecule has 0 radical (unpaired) electrons. The molecule has 13 unspecified atom stereocenters. The number of likely N-dealkylation sites (tertiary alicyclic amines) is 1. The summed E-state index contributed by atoms with van der Waals surface area (Å²) in [5, 5.41) is 0. The van der Waals surface area contributed by atoms with Crippen LogP contribution >= 0.6 is 0 Å². The molecular formula is C35H49NO9. The van der Waals surface area contributed by atoms with Crippen molar-refractivity contribution in [2.75, 3.05) is 55.2 Å². The van der Waals surface area contributed by atoms with Crippen molar-refractivity contribution in [3.05, 3.63) is 29.8 Å². The first-order valence-electron chi connectivity index (χ1n) is 16.6. The summed E-state index contributed by atoms with van der Waals surface area (Å²) >= 11 is 0. The summed E-state index contributed by atoms with van der Waals surface area (Å²) in [6.07, 6.45) is 2.27. The minimum atomic E-state index is -0.947. The van der Waals surface area contributed by atoms with Gasteiger partial charge in [0.15, 0.2) is 0 Å². The quantitative estimate of drug-likeness (QED) is 0.358. The van der Waals surface area contributed by atoms with E-state index in [2.05, 4.69) is 11.8 Å².